The van der Waals surface area contributed by atoms with Gasteiger partial charge in [0.15, 0.2) is 5.75 Å². The highest BCUT2D eigenvalue weighted by Crippen LogP contribution is 2.23. The fourth-order valence-electron chi connectivity index (χ4n) is 0.875. The highest BCUT2D eigenvalue weighted by molar-refractivity contribution is 5.76. The molecule has 0 aromatic carbocycles. The van der Waals surface area contributed by atoms with E-state index in [4.69, 9.17) is 14.7 Å². The molecule has 0 fully saturated rings. The fourth-order valence-corrected chi connectivity index (χ4v) is 0.875. The van der Waals surface area contributed by atoms with Crippen molar-refractivity contribution in [3.05, 3.63) is 17.8 Å². The van der Waals surface area contributed by atoms with E-state index in [0.29, 0.717) is 17.3 Å². The second-order valence-corrected chi connectivity index (χ2v) is 2.19. The molecule has 1 aromatic heterocycles. The summed E-state index contributed by atoms with van der Waals surface area (Å²) in [6.45, 7) is 0. The third kappa shape index (κ3) is 2.08. The standard InChI is InChI=1S/C8H10N2O3/c1-12-7-4-3-6(5-9-11)10-8(7)13-2/h3-5,11H,1-2H3. The topological polar surface area (TPSA) is 63.9 Å². The summed E-state index contributed by atoms with van der Waals surface area (Å²) in [4.78, 5) is 4.00. The summed E-state index contributed by atoms with van der Waals surface area (Å²) in [5, 5.41) is 11.1. The van der Waals surface area contributed by atoms with Crippen molar-refractivity contribution in [3.8, 4) is 11.6 Å². The van der Waals surface area contributed by atoms with Gasteiger partial charge in [-0.1, -0.05) is 5.16 Å². The zero-order valence-corrected chi connectivity index (χ0v) is 7.39. The summed E-state index contributed by atoms with van der Waals surface area (Å²) in [6, 6.07) is 3.34. The number of ether oxygens (including phenoxy) is 2. The van der Waals surface area contributed by atoms with E-state index in [-0.39, 0.29) is 0 Å². The van der Waals surface area contributed by atoms with Crippen LogP contribution >= 0.6 is 0 Å². The van der Waals surface area contributed by atoms with E-state index in [1.807, 2.05) is 0 Å². The molecule has 0 saturated carbocycles. The molecular weight excluding hydrogens is 172 g/mol. The van der Waals surface area contributed by atoms with E-state index in [2.05, 4.69) is 10.1 Å². The largest absolute Gasteiger partial charge is 0.491 e. The number of hydrogen-bond acceptors (Lipinski definition) is 5. The highest BCUT2D eigenvalue weighted by Gasteiger charge is 2.04. The predicted octanol–water partition coefficient (Wildman–Crippen LogP) is 0.907. The van der Waals surface area contributed by atoms with Crippen LogP contribution in [-0.4, -0.2) is 30.6 Å². The van der Waals surface area contributed by atoms with E-state index in [0.717, 1.165) is 0 Å². The molecule has 1 N–H and O–H groups in total. The number of aromatic nitrogens is 1. The van der Waals surface area contributed by atoms with Gasteiger partial charge in [-0.3, -0.25) is 0 Å². The van der Waals surface area contributed by atoms with Crippen LogP contribution < -0.4 is 9.47 Å². The van der Waals surface area contributed by atoms with Crippen molar-refractivity contribution in [2.24, 2.45) is 5.16 Å². The molecule has 0 saturated heterocycles. The molecule has 1 heterocycles. The van der Waals surface area contributed by atoms with Crippen molar-refractivity contribution in [2.75, 3.05) is 14.2 Å². The summed E-state index contributed by atoms with van der Waals surface area (Å²) in [5.41, 5.74) is 0.500. The van der Waals surface area contributed by atoms with E-state index >= 15 is 0 Å². The van der Waals surface area contributed by atoms with Gasteiger partial charge in [-0.05, 0) is 12.1 Å². The summed E-state index contributed by atoms with van der Waals surface area (Å²) < 4.78 is 9.92. The number of oxime groups is 1. The predicted molar refractivity (Wildman–Crippen MR) is 46.7 cm³/mol. The van der Waals surface area contributed by atoms with Crippen molar-refractivity contribution in [3.63, 3.8) is 0 Å². The number of hydrogen-bond donors (Lipinski definition) is 1. The van der Waals surface area contributed by atoms with Crippen LogP contribution in [0.25, 0.3) is 0 Å². The first-order valence-electron chi connectivity index (χ1n) is 3.58. The quantitative estimate of drug-likeness (QED) is 0.428. The molecule has 5 nitrogen and oxygen atoms in total. The van der Waals surface area contributed by atoms with Crippen LogP contribution in [0, 0.1) is 0 Å². The van der Waals surface area contributed by atoms with Gasteiger partial charge in [0, 0.05) is 0 Å². The van der Waals surface area contributed by atoms with Crippen molar-refractivity contribution in [1.29, 1.82) is 0 Å². The third-order valence-corrected chi connectivity index (χ3v) is 1.45. The molecule has 0 radical (unpaired) electrons. The summed E-state index contributed by atoms with van der Waals surface area (Å²) in [5.74, 6) is 0.900. The van der Waals surface area contributed by atoms with Crippen molar-refractivity contribution < 1.29 is 14.7 Å². The Balaban J connectivity index is 3.05. The van der Waals surface area contributed by atoms with Crippen molar-refractivity contribution in [2.45, 2.75) is 0 Å². The van der Waals surface area contributed by atoms with Gasteiger partial charge >= 0.3 is 0 Å². The van der Waals surface area contributed by atoms with E-state index in [9.17, 15) is 0 Å². The smallest absolute Gasteiger partial charge is 0.257 e. The van der Waals surface area contributed by atoms with Gasteiger partial charge in [0.2, 0.25) is 0 Å². The molecule has 1 aromatic rings. The van der Waals surface area contributed by atoms with Crippen LogP contribution in [0.4, 0.5) is 0 Å². The van der Waals surface area contributed by atoms with Crippen LogP contribution in [0.1, 0.15) is 5.69 Å². The molecule has 13 heavy (non-hydrogen) atoms. The number of nitrogens with zero attached hydrogens (tertiary/aromatic N) is 2. The molecule has 0 spiro atoms. The van der Waals surface area contributed by atoms with Crippen LogP contribution in [-0.2, 0) is 0 Å². The molecule has 0 unspecified atom stereocenters. The Kier molecular flexibility index (Phi) is 3.08. The zero-order valence-electron chi connectivity index (χ0n) is 7.39. The van der Waals surface area contributed by atoms with Crippen LogP contribution in [0.15, 0.2) is 17.3 Å². The molecule has 0 bridgehead atoms. The fraction of sp³-hybridized carbons (Fsp3) is 0.250. The molecule has 5 heteroatoms. The summed E-state index contributed by atoms with van der Waals surface area (Å²) >= 11 is 0. The normalized spacial score (nSPS) is 10.3. The van der Waals surface area contributed by atoms with Crippen LogP contribution in [0.5, 0.6) is 11.6 Å². The lowest BCUT2D eigenvalue weighted by molar-refractivity contribution is 0.321. The lowest BCUT2D eigenvalue weighted by atomic mass is 10.3. The molecule has 0 aliphatic heterocycles. The molecule has 1 rings (SSSR count). The first kappa shape index (κ1) is 9.31. The van der Waals surface area contributed by atoms with Gasteiger partial charge in [-0.25, -0.2) is 4.98 Å². The second kappa shape index (κ2) is 4.30. The molecular formula is C8H10N2O3. The third-order valence-electron chi connectivity index (χ3n) is 1.45. The van der Waals surface area contributed by atoms with E-state index in [1.165, 1.54) is 20.4 Å². The highest BCUT2D eigenvalue weighted by atomic mass is 16.5. The van der Waals surface area contributed by atoms with Crippen molar-refractivity contribution in [1.82, 2.24) is 4.98 Å². The van der Waals surface area contributed by atoms with Gasteiger partial charge < -0.3 is 14.7 Å². The summed E-state index contributed by atoms with van der Waals surface area (Å²) in [6.07, 6.45) is 1.21. The van der Waals surface area contributed by atoms with Gasteiger partial charge in [0.25, 0.3) is 5.88 Å². The van der Waals surface area contributed by atoms with Gasteiger partial charge in [-0.15, -0.1) is 0 Å². The number of rotatable bonds is 3. The lowest BCUT2D eigenvalue weighted by Crippen LogP contribution is -1.96. The van der Waals surface area contributed by atoms with Gasteiger partial charge in [-0.2, -0.15) is 0 Å². The van der Waals surface area contributed by atoms with Crippen molar-refractivity contribution >= 4 is 6.21 Å². The van der Waals surface area contributed by atoms with E-state index < -0.39 is 0 Å². The Morgan fingerprint density at radius 1 is 1.38 bits per heavy atom. The number of pyridine rings is 1. The Morgan fingerprint density at radius 2 is 2.15 bits per heavy atom. The molecule has 0 amide bonds. The second-order valence-electron chi connectivity index (χ2n) is 2.19. The first-order valence-corrected chi connectivity index (χ1v) is 3.58. The number of methoxy groups -OCH3 is 2. The Labute approximate surface area is 75.6 Å². The zero-order chi connectivity index (χ0) is 9.68. The maximum atomic E-state index is 8.27. The van der Waals surface area contributed by atoms with Crippen LogP contribution in [0.2, 0.25) is 0 Å². The van der Waals surface area contributed by atoms with Gasteiger partial charge in [0.1, 0.15) is 0 Å². The SMILES string of the molecule is COc1ccc(C=NO)nc1OC. The molecule has 0 aliphatic rings. The van der Waals surface area contributed by atoms with Crippen LogP contribution in [0.3, 0.4) is 0 Å². The molecule has 0 aliphatic carbocycles. The Morgan fingerprint density at radius 3 is 2.69 bits per heavy atom. The van der Waals surface area contributed by atoms with Gasteiger partial charge in [0.05, 0.1) is 26.1 Å². The average Bonchev–Trinajstić information content (AvgIpc) is 2.18. The summed E-state index contributed by atoms with van der Waals surface area (Å²) in [7, 11) is 3.02. The molecule has 0 atom stereocenters. The average molecular weight is 182 g/mol. The maximum absolute atomic E-state index is 8.27. The molecule has 70 valence electrons. The minimum atomic E-state index is 0.361. The lowest BCUT2D eigenvalue weighted by Gasteiger charge is -2.05. The first-order chi connectivity index (χ1) is 6.31. The Bertz CT molecular complexity index is 312. The minimum absolute atomic E-state index is 0.361. The Hall–Kier alpha value is -1.78. The maximum Gasteiger partial charge on any atom is 0.257 e. The minimum Gasteiger partial charge on any atom is -0.491 e. The monoisotopic (exact) mass is 182 g/mol. The van der Waals surface area contributed by atoms with E-state index in [1.54, 1.807) is 12.1 Å².